The maximum atomic E-state index is 11.7. The van der Waals surface area contributed by atoms with Crippen LogP contribution >= 0.6 is 0 Å². The molecule has 0 spiro atoms. The van der Waals surface area contributed by atoms with Gasteiger partial charge in [-0.2, -0.15) is 0 Å². The lowest BCUT2D eigenvalue weighted by atomic mass is 9.98. The Balaban J connectivity index is 1.64. The number of rotatable bonds is 3. The first-order valence-corrected chi connectivity index (χ1v) is 10.2. The predicted molar refractivity (Wildman–Crippen MR) is 92.8 cm³/mol. The molecule has 2 heterocycles. The molecule has 0 aliphatic carbocycles. The van der Waals surface area contributed by atoms with Crippen molar-refractivity contribution in [2.24, 2.45) is 0 Å². The van der Waals surface area contributed by atoms with Crippen molar-refractivity contribution < 1.29 is 8.42 Å². The summed E-state index contributed by atoms with van der Waals surface area (Å²) in [5, 5.41) is 0. The number of sulfonamides is 1. The zero-order valence-electron chi connectivity index (χ0n) is 14.1. The number of piperazine rings is 1. The zero-order valence-corrected chi connectivity index (χ0v) is 14.9. The summed E-state index contributed by atoms with van der Waals surface area (Å²) in [4.78, 5) is 4.99. The lowest BCUT2D eigenvalue weighted by Crippen LogP contribution is -2.53. The van der Waals surface area contributed by atoms with E-state index in [2.05, 4.69) is 47.2 Å². The van der Waals surface area contributed by atoms with E-state index in [1.54, 1.807) is 4.31 Å². The molecule has 0 saturated carbocycles. The van der Waals surface area contributed by atoms with Crippen LogP contribution < -0.4 is 0 Å². The van der Waals surface area contributed by atoms with Gasteiger partial charge in [-0.1, -0.05) is 30.3 Å². The van der Waals surface area contributed by atoms with Crippen LogP contribution in [-0.4, -0.2) is 74.6 Å². The molecule has 6 heteroatoms. The molecule has 1 atom stereocenters. The minimum absolute atomic E-state index is 0.429. The van der Waals surface area contributed by atoms with Crippen molar-refractivity contribution >= 4 is 10.0 Å². The van der Waals surface area contributed by atoms with Crippen molar-refractivity contribution in [3.63, 3.8) is 0 Å². The predicted octanol–water partition coefficient (Wildman–Crippen LogP) is 1.40. The number of piperidine rings is 1. The third-order valence-electron chi connectivity index (χ3n) is 5.27. The van der Waals surface area contributed by atoms with E-state index in [9.17, 15) is 8.42 Å². The van der Waals surface area contributed by atoms with E-state index >= 15 is 0 Å². The summed E-state index contributed by atoms with van der Waals surface area (Å²) >= 11 is 0. The van der Waals surface area contributed by atoms with Crippen molar-refractivity contribution in [1.29, 1.82) is 0 Å². The monoisotopic (exact) mass is 337 g/mol. The average molecular weight is 337 g/mol. The number of likely N-dealkylation sites (N-methyl/N-ethyl adjacent to an activating group) is 1. The molecule has 2 saturated heterocycles. The number of benzene rings is 1. The minimum Gasteiger partial charge on any atom is -0.297 e. The summed E-state index contributed by atoms with van der Waals surface area (Å²) < 4.78 is 24.9. The number of hydrogen-bond acceptors (Lipinski definition) is 4. The van der Waals surface area contributed by atoms with Gasteiger partial charge < -0.3 is 0 Å². The van der Waals surface area contributed by atoms with Crippen molar-refractivity contribution in [2.75, 3.05) is 46.0 Å². The Morgan fingerprint density at radius 3 is 2.26 bits per heavy atom. The van der Waals surface area contributed by atoms with E-state index in [4.69, 9.17) is 0 Å². The Bertz CT molecular complexity index is 612. The molecule has 2 fully saturated rings. The van der Waals surface area contributed by atoms with Crippen LogP contribution in [-0.2, 0) is 10.0 Å². The molecule has 5 nitrogen and oxygen atoms in total. The van der Waals surface area contributed by atoms with Gasteiger partial charge in [0.1, 0.15) is 0 Å². The Hall–Kier alpha value is -0.950. The van der Waals surface area contributed by atoms with Crippen molar-refractivity contribution in [3.8, 4) is 0 Å². The summed E-state index contributed by atoms with van der Waals surface area (Å²) in [5.41, 5.74) is 1.37. The highest BCUT2D eigenvalue weighted by Gasteiger charge is 2.33. The molecule has 0 unspecified atom stereocenters. The van der Waals surface area contributed by atoms with Crippen molar-refractivity contribution in [1.82, 2.24) is 14.1 Å². The highest BCUT2D eigenvalue weighted by atomic mass is 32.2. The summed E-state index contributed by atoms with van der Waals surface area (Å²) in [6.07, 6.45) is 3.20. The third-order valence-corrected chi connectivity index (χ3v) is 6.58. The fourth-order valence-corrected chi connectivity index (χ4v) is 4.67. The van der Waals surface area contributed by atoms with Crippen LogP contribution in [0.5, 0.6) is 0 Å². The van der Waals surface area contributed by atoms with Crippen LogP contribution in [0.3, 0.4) is 0 Å². The lowest BCUT2D eigenvalue weighted by Gasteiger charge is -2.45. The van der Waals surface area contributed by atoms with Gasteiger partial charge >= 0.3 is 0 Å². The van der Waals surface area contributed by atoms with E-state index in [1.165, 1.54) is 11.8 Å². The Labute approximate surface area is 139 Å². The minimum atomic E-state index is -3.04. The number of hydrogen-bond donors (Lipinski definition) is 0. The van der Waals surface area contributed by atoms with Crippen LogP contribution in [0.4, 0.5) is 0 Å². The van der Waals surface area contributed by atoms with Crippen LogP contribution in [0, 0.1) is 0 Å². The van der Waals surface area contributed by atoms with Crippen LogP contribution in [0.1, 0.15) is 24.4 Å². The second-order valence-corrected chi connectivity index (χ2v) is 8.78. The summed E-state index contributed by atoms with van der Waals surface area (Å²) in [7, 11) is -0.840. The summed E-state index contributed by atoms with van der Waals surface area (Å²) in [6.45, 7) is 4.48. The maximum Gasteiger partial charge on any atom is 0.211 e. The zero-order chi connectivity index (χ0) is 16.4. The van der Waals surface area contributed by atoms with Gasteiger partial charge in [0.15, 0.2) is 0 Å². The summed E-state index contributed by atoms with van der Waals surface area (Å²) in [5.74, 6) is 0. The molecule has 0 amide bonds. The second-order valence-electron chi connectivity index (χ2n) is 6.80. The van der Waals surface area contributed by atoms with Crippen molar-refractivity contribution in [2.45, 2.75) is 24.9 Å². The number of nitrogens with zero attached hydrogens (tertiary/aromatic N) is 3. The normalized spacial score (nSPS) is 26.4. The highest BCUT2D eigenvalue weighted by Crippen LogP contribution is 2.28. The van der Waals surface area contributed by atoms with Gasteiger partial charge in [-0.25, -0.2) is 12.7 Å². The molecule has 1 aromatic carbocycles. The first-order chi connectivity index (χ1) is 10.9. The largest absolute Gasteiger partial charge is 0.297 e. The summed E-state index contributed by atoms with van der Waals surface area (Å²) in [6, 6.07) is 11.6. The van der Waals surface area contributed by atoms with E-state index in [1.807, 2.05) is 0 Å². The van der Waals surface area contributed by atoms with Gasteiger partial charge in [-0.05, 0) is 25.5 Å². The molecule has 128 valence electrons. The Kier molecular flexibility index (Phi) is 5.06. The van der Waals surface area contributed by atoms with E-state index in [0.29, 0.717) is 25.2 Å². The van der Waals surface area contributed by atoms with Crippen LogP contribution in [0.25, 0.3) is 0 Å². The third kappa shape index (κ3) is 3.94. The highest BCUT2D eigenvalue weighted by molar-refractivity contribution is 7.88. The van der Waals surface area contributed by atoms with Gasteiger partial charge in [0.05, 0.1) is 6.26 Å². The van der Waals surface area contributed by atoms with Crippen molar-refractivity contribution in [3.05, 3.63) is 35.9 Å². The fraction of sp³-hybridized carbons (Fsp3) is 0.647. The van der Waals surface area contributed by atoms with Gasteiger partial charge in [-0.3, -0.25) is 9.80 Å². The van der Waals surface area contributed by atoms with Crippen LogP contribution in [0.2, 0.25) is 0 Å². The first-order valence-electron chi connectivity index (χ1n) is 8.39. The molecule has 0 radical (unpaired) electrons. The molecule has 2 aliphatic rings. The molecule has 0 N–H and O–H groups in total. The molecule has 2 aliphatic heterocycles. The van der Waals surface area contributed by atoms with Gasteiger partial charge in [0, 0.05) is 44.8 Å². The Morgan fingerprint density at radius 1 is 1.00 bits per heavy atom. The smallest absolute Gasteiger partial charge is 0.211 e. The van der Waals surface area contributed by atoms with Gasteiger partial charge in [0.2, 0.25) is 10.0 Å². The maximum absolute atomic E-state index is 11.7. The van der Waals surface area contributed by atoms with Gasteiger partial charge in [-0.15, -0.1) is 0 Å². The average Bonchev–Trinajstić information content (AvgIpc) is 2.55. The Morgan fingerprint density at radius 2 is 1.65 bits per heavy atom. The molecule has 0 bridgehead atoms. The van der Waals surface area contributed by atoms with E-state index < -0.39 is 10.0 Å². The van der Waals surface area contributed by atoms with Gasteiger partial charge in [0.25, 0.3) is 0 Å². The van der Waals surface area contributed by atoms with E-state index in [-0.39, 0.29) is 0 Å². The molecule has 1 aromatic rings. The lowest BCUT2D eigenvalue weighted by molar-refractivity contribution is 0.0458. The van der Waals surface area contributed by atoms with Crippen LogP contribution in [0.15, 0.2) is 30.3 Å². The molecule has 0 aromatic heterocycles. The molecule has 3 rings (SSSR count). The standard InChI is InChI=1S/C17H27N3O2S/c1-18-12-13-19(14-17(18)15-6-4-3-5-7-15)16-8-10-20(11-9-16)23(2,21)22/h3-7,16-17H,8-14H2,1-2H3/t17-/m0/s1. The SMILES string of the molecule is CN1CCN(C2CCN(S(C)(=O)=O)CC2)C[C@H]1c1ccccc1. The second kappa shape index (κ2) is 6.89. The molecule has 23 heavy (non-hydrogen) atoms. The topological polar surface area (TPSA) is 43.9 Å². The van der Waals surface area contributed by atoms with E-state index in [0.717, 1.165) is 32.5 Å². The first kappa shape index (κ1) is 16.9. The quantitative estimate of drug-likeness (QED) is 0.836. The molecular formula is C17H27N3O2S. The fourth-order valence-electron chi connectivity index (χ4n) is 3.80. The molecular weight excluding hydrogens is 310 g/mol.